The Morgan fingerprint density at radius 1 is 1.35 bits per heavy atom. The minimum absolute atomic E-state index is 0.0944. The van der Waals surface area contributed by atoms with Crippen LogP contribution in [0.5, 0.6) is 0 Å². The van der Waals surface area contributed by atoms with E-state index in [2.05, 4.69) is 29.4 Å². The van der Waals surface area contributed by atoms with Crippen molar-refractivity contribution < 1.29 is 9.59 Å². The van der Waals surface area contributed by atoms with Gasteiger partial charge in [-0.25, -0.2) is 9.78 Å². The fourth-order valence-corrected chi connectivity index (χ4v) is 4.53. The van der Waals surface area contributed by atoms with Gasteiger partial charge in [-0.1, -0.05) is 37.3 Å². The lowest BCUT2D eigenvalue weighted by atomic mass is 9.84. The van der Waals surface area contributed by atoms with Crippen molar-refractivity contribution in [2.75, 3.05) is 24.5 Å². The number of anilines is 1. The maximum absolute atomic E-state index is 12.8. The molecule has 1 aromatic carbocycles. The Morgan fingerprint density at radius 2 is 2.15 bits per heavy atom. The van der Waals surface area contributed by atoms with Crippen molar-refractivity contribution in [3.63, 3.8) is 0 Å². The van der Waals surface area contributed by atoms with Crippen LogP contribution in [0.4, 0.5) is 9.93 Å². The Morgan fingerprint density at radius 3 is 2.88 bits per heavy atom. The predicted molar refractivity (Wildman–Crippen MR) is 101 cm³/mol. The van der Waals surface area contributed by atoms with E-state index in [9.17, 15) is 9.59 Å². The van der Waals surface area contributed by atoms with Crippen molar-refractivity contribution in [1.82, 2.24) is 15.2 Å². The topological polar surface area (TPSA) is 65.5 Å². The molecule has 2 aliphatic rings. The number of carbonyl (C=O) groups is 2. The standard InChI is InChI=1S/C19H22N4O2S/c1-13-11-23(17(13)14-6-3-2-4-7-14)16(24)10-15-12-26-19(21-15)22-9-5-8-20-18(22)25/h2-4,6-7,12-13,17H,5,8-11H2,1H3,(H,20,25)/t13-,17+/m1/s1. The van der Waals surface area contributed by atoms with Gasteiger partial charge in [0.1, 0.15) is 0 Å². The summed E-state index contributed by atoms with van der Waals surface area (Å²) < 4.78 is 0. The molecule has 2 aliphatic heterocycles. The van der Waals surface area contributed by atoms with Gasteiger partial charge in [-0.3, -0.25) is 9.69 Å². The SMILES string of the molecule is C[C@@H]1CN(C(=O)Cc2csc(N3CCCNC3=O)n2)[C@@H]1c1ccccc1. The summed E-state index contributed by atoms with van der Waals surface area (Å²) in [4.78, 5) is 32.8. The molecule has 2 aromatic rings. The Kier molecular flexibility index (Phi) is 4.63. The largest absolute Gasteiger partial charge is 0.338 e. The van der Waals surface area contributed by atoms with Gasteiger partial charge in [-0.2, -0.15) is 0 Å². The Labute approximate surface area is 156 Å². The first kappa shape index (κ1) is 17.0. The highest BCUT2D eigenvalue weighted by atomic mass is 32.1. The van der Waals surface area contributed by atoms with Crippen LogP contribution in [-0.2, 0) is 11.2 Å². The van der Waals surface area contributed by atoms with Crippen LogP contribution in [0.2, 0.25) is 0 Å². The molecule has 0 aliphatic carbocycles. The first-order valence-electron chi connectivity index (χ1n) is 8.97. The van der Waals surface area contributed by atoms with Gasteiger partial charge < -0.3 is 10.2 Å². The van der Waals surface area contributed by atoms with Gasteiger partial charge in [0, 0.05) is 25.0 Å². The van der Waals surface area contributed by atoms with Crippen molar-refractivity contribution >= 4 is 28.4 Å². The van der Waals surface area contributed by atoms with Crippen LogP contribution in [0.3, 0.4) is 0 Å². The molecule has 3 amide bonds. The zero-order chi connectivity index (χ0) is 18.1. The number of carbonyl (C=O) groups excluding carboxylic acids is 2. The van der Waals surface area contributed by atoms with Crippen LogP contribution in [-0.4, -0.2) is 41.5 Å². The monoisotopic (exact) mass is 370 g/mol. The van der Waals surface area contributed by atoms with Gasteiger partial charge in [-0.15, -0.1) is 11.3 Å². The Balaban J connectivity index is 1.43. The minimum atomic E-state index is -0.107. The number of thiazole rings is 1. The van der Waals surface area contributed by atoms with Crippen molar-refractivity contribution in [1.29, 1.82) is 0 Å². The van der Waals surface area contributed by atoms with E-state index in [1.807, 2.05) is 28.5 Å². The van der Waals surface area contributed by atoms with Crippen LogP contribution in [0.15, 0.2) is 35.7 Å². The van der Waals surface area contributed by atoms with Gasteiger partial charge in [0.2, 0.25) is 5.91 Å². The van der Waals surface area contributed by atoms with Gasteiger partial charge in [0.25, 0.3) is 0 Å². The molecule has 1 N–H and O–H groups in total. The number of aromatic nitrogens is 1. The van der Waals surface area contributed by atoms with E-state index < -0.39 is 0 Å². The second kappa shape index (κ2) is 7.07. The van der Waals surface area contributed by atoms with E-state index in [-0.39, 0.29) is 24.4 Å². The van der Waals surface area contributed by atoms with Crippen LogP contribution in [0.1, 0.15) is 30.6 Å². The van der Waals surface area contributed by atoms with Crippen molar-refractivity contribution in [3.05, 3.63) is 47.0 Å². The lowest BCUT2D eigenvalue weighted by Crippen LogP contribution is -2.52. The summed E-state index contributed by atoms with van der Waals surface area (Å²) in [5.41, 5.74) is 1.92. The molecule has 2 fully saturated rings. The van der Waals surface area contributed by atoms with E-state index in [1.165, 1.54) is 16.9 Å². The number of hydrogen-bond donors (Lipinski definition) is 1. The van der Waals surface area contributed by atoms with Crippen LogP contribution < -0.4 is 10.2 Å². The highest BCUT2D eigenvalue weighted by Crippen LogP contribution is 2.38. The van der Waals surface area contributed by atoms with Crippen LogP contribution in [0.25, 0.3) is 0 Å². The highest BCUT2D eigenvalue weighted by molar-refractivity contribution is 7.14. The third-order valence-electron chi connectivity index (χ3n) is 5.00. The maximum atomic E-state index is 12.8. The second-order valence-corrected chi connectivity index (χ2v) is 7.75. The predicted octanol–water partition coefficient (Wildman–Crippen LogP) is 2.82. The van der Waals surface area contributed by atoms with Gasteiger partial charge >= 0.3 is 6.03 Å². The normalized spacial score (nSPS) is 22.7. The number of amides is 3. The summed E-state index contributed by atoms with van der Waals surface area (Å²) in [6, 6.07) is 10.2. The van der Waals surface area contributed by atoms with Crippen molar-refractivity contribution in [2.45, 2.75) is 25.8 Å². The molecule has 0 unspecified atom stereocenters. The maximum Gasteiger partial charge on any atom is 0.323 e. The Hall–Kier alpha value is -2.41. The molecule has 1 aromatic heterocycles. The van der Waals surface area contributed by atoms with E-state index in [0.29, 0.717) is 24.1 Å². The van der Waals surface area contributed by atoms with Gasteiger partial charge in [0.15, 0.2) is 5.13 Å². The summed E-state index contributed by atoms with van der Waals surface area (Å²) in [6.07, 6.45) is 1.19. The van der Waals surface area contributed by atoms with E-state index in [0.717, 1.165) is 18.7 Å². The molecule has 2 atom stereocenters. The summed E-state index contributed by atoms with van der Waals surface area (Å²) in [7, 11) is 0. The molecule has 2 saturated heterocycles. The quantitative estimate of drug-likeness (QED) is 0.900. The average Bonchev–Trinajstić information content (AvgIpc) is 3.09. The molecule has 6 nitrogen and oxygen atoms in total. The number of likely N-dealkylation sites (tertiary alicyclic amines) is 1. The van der Waals surface area contributed by atoms with Crippen molar-refractivity contribution in [2.24, 2.45) is 5.92 Å². The molecule has 0 saturated carbocycles. The minimum Gasteiger partial charge on any atom is -0.338 e. The summed E-state index contributed by atoms with van der Waals surface area (Å²) >= 11 is 1.42. The van der Waals surface area contributed by atoms with E-state index >= 15 is 0 Å². The summed E-state index contributed by atoms with van der Waals surface area (Å²) in [5.74, 6) is 0.557. The first-order valence-corrected chi connectivity index (χ1v) is 9.85. The second-order valence-electron chi connectivity index (χ2n) is 6.91. The average molecular weight is 370 g/mol. The summed E-state index contributed by atoms with van der Waals surface area (Å²) in [5, 5.41) is 5.38. The van der Waals surface area contributed by atoms with Crippen molar-refractivity contribution in [3.8, 4) is 0 Å². The molecule has 0 bridgehead atoms. The number of urea groups is 1. The fraction of sp³-hybridized carbons (Fsp3) is 0.421. The molecule has 0 spiro atoms. The lowest BCUT2D eigenvalue weighted by Gasteiger charge is -2.47. The molecule has 26 heavy (non-hydrogen) atoms. The molecule has 136 valence electrons. The lowest BCUT2D eigenvalue weighted by molar-refractivity contribution is -0.142. The van der Waals surface area contributed by atoms with Gasteiger partial charge in [-0.05, 0) is 17.9 Å². The smallest absolute Gasteiger partial charge is 0.323 e. The number of nitrogens with zero attached hydrogens (tertiary/aromatic N) is 3. The number of rotatable bonds is 4. The molecule has 3 heterocycles. The third-order valence-corrected chi connectivity index (χ3v) is 5.92. The first-order chi connectivity index (χ1) is 12.6. The van der Waals surface area contributed by atoms with Gasteiger partial charge in [0.05, 0.1) is 18.2 Å². The zero-order valence-corrected chi connectivity index (χ0v) is 15.5. The fourth-order valence-electron chi connectivity index (χ4n) is 3.68. The summed E-state index contributed by atoms with van der Waals surface area (Å²) in [6.45, 7) is 4.34. The van der Waals surface area contributed by atoms with Crippen LogP contribution in [0, 0.1) is 5.92 Å². The third kappa shape index (κ3) is 3.19. The van der Waals surface area contributed by atoms with Crippen LogP contribution >= 0.6 is 11.3 Å². The highest BCUT2D eigenvalue weighted by Gasteiger charge is 2.39. The molecular weight excluding hydrogens is 348 g/mol. The molecule has 7 heteroatoms. The number of benzene rings is 1. The van der Waals surface area contributed by atoms with E-state index in [4.69, 9.17) is 0 Å². The Bertz CT molecular complexity index is 807. The molecule has 0 radical (unpaired) electrons. The zero-order valence-electron chi connectivity index (χ0n) is 14.7. The number of nitrogens with one attached hydrogen (secondary N) is 1. The molecule has 4 rings (SSSR count). The number of hydrogen-bond acceptors (Lipinski definition) is 4. The van der Waals surface area contributed by atoms with E-state index in [1.54, 1.807) is 4.90 Å². The molecular formula is C19H22N4O2S.